The Hall–Kier alpha value is -0.380. The summed E-state index contributed by atoms with van der Waals surface area (Å²) in [6.07, 6.45) is 2.25. The highest BCUT2D eigenvalue weighted by Crippen LogP contribution is 2.20. The first kappa shape index (κ1) is 11.7. The molecule has 1 heterocycles. The van der Waals surface area contributed by atoms with Crippen molar-refractivity contribution in [3.63, 3.8) is 0 Å². The highest BCUT2D eigenvalue weighted by molar-refractivity contribution is 8.00. The summed E-state index contributed by atoms with van der Waals surface area (Å²) in [6.45, 7) is 6.36. The third kappa shape index (κ3) is 4.22. The van der Waals surface area contributed by atoms with E-state index in [0.29, 0.717) is 6.54 Å². The molecule has 0 bridgehead atoms. The molecule has 1 unspecified atom stereocenters. The number of thioether (sulfide) groups is 1. The number of hydrogen-bond donors (Lipinski definition) is 0. The van der Waals surface area contributed by atoms with Gasteiger partial charge in [0.25, 0.3) is 0 Å². The summed E-state index contributed by atoms with van der Waals surface area (Å²) in [5.41, 5.74) is 8.12. The molecule has 5 heteroatoms. The van der Waals surface area contributed by atoms with Gasteiger partial charge in [-0.25, -0.2) is 0 Å². The van der Waals surface area contributed by atoms with Crippen molar-refractivity contribution in [2.45, 2.75) is 25.0 Å². The monoisotopic (exact) mass is 214 g/mol. The average Bonchev–Trinajstić information content (AvgIpc) is 2.25. The smallest absolute Gasteiger partial charge is 0.0270 e. The summed E-state index contributed by atoms with van der Waals surface area (Å²) in [5.74, 6) is 1.25. The molecule has 0 spiro atoms. The third-order valence-corrected chi connectivity index (χ3v) is 3.85. The summed E-state index contributed by atoms with van der Waals surface area (Å²) in [6, 6.07) is 0. The normalized spacial score (nSPS) is 23.1. The van der Waals surface area contributed by atoms with Crippen molar-refractivity contribution >= 4 is 11.8 Å². The molecule has 0 aromatic heterocycles. The number of rotatable bonds is 5. The standard InChI is InChI=1S/C9H18N4S/c1-2-9-8-13(6-7-14-9)5-3-4-11-12-10/h9H,2-8H2,1H3. The summed E-state index contributed by atoms with van der Waals surface area (Å²) >= 11 is 2.09. The highest BCUT2D eigenvalue weighted by atomic mass is 32.2. The molecule has 0 amide bonds. The van der Waals surface area contributed by atoms with Crippen molar-refractivity contribution in [1.29, 1.82) is 0 Å². The number of nitrogens with zero attached hydrogens (tertiary/aromatic N) is 4. The van der Waals surface area contributed by atoms with E-state index in [1.54, 1.807) is 0 Å². The Morgan fingerprint density at radius 1 is 1.64 bits per heavy atom. The molecule has 4 nitrogen and oxygen atoms in total. The van der Waals surface area contributed by atoms with Crippen LogP contribution in [0.2, 0.25) is 0 Å². The van der Waals surface area contributed by atoms with E-state index in [2.05, 4.69) is 33.6 Å². The average molecular weight is 214 g/mol. The van der Waals surface area contributed by atoms with Gasteiger partial charge in [0.15, 0.2) is 0 Å². The van der Waals surface area contributed by atoms with Gasteiger partial charge < -0.3 is 4.90 Å². The minimum absolute atomic E-state index is 0.636. The second kappa shape index (κ2) is 6.98. The molecule has 0 aromatic rings. The zero-order chi connectivity index (χ0) is 10.2. The van der Waals surface area contributed by atoms with Crippen molar-refractivity contribution in [2.75, 3.05) is 31.9 Å². The van der Waals surface area contributed by atoms with Gasteiger partial charge in [-0.3, -0.25) is 0 Å². The zero-order valence-electron chi connectivity index (χ0n) is 8.72. The first-order valence-corrected chi connectivity index (χ1v) is 6.26. The molecule has 1 rings (SSSR count). The first-order chi connectivity index (χ1) is 6.86. The predicted octanol–water partition coefficient (Wildman–Crippen LogP) is 2.51. The Morgan fingerprint density at radius 2 is 2.50 bits per heavy atom. The molecule has 14 heavy (non-hydrogen) atoms. The molecule has 0 aliphatic carbocycles. The molecule has 1 aliphatic heterocycles. The molecule has 1 fully saturated rings. The van der Waals surface area contributed by atoms with Gasteiger partial charge in [0.05, 0.1) is 0 Å². The van der Waals surface area contributed by atoms with Crippen molar-refractivity contribution in [2.24, 2.45) is 5.11 Å². The van der Waals surface area contributed by atoms with Crippen molar-refractivity contribution < 1.29 is 0 Å². The van der Waals surface area contributed by atoms with Crippen LogP contribution in [0.4, 0.5) is 0 Å². The van der Waals surface area contributed by atoms with Gasteiger partial charge in [0.2, 0.25) is 0 Å². The van der Waals surface area contributed by atoms with Gasteiger partial charge in [0.1, 0.15) is 0 Å². The van der Waals surface area contributed by atoms with Gasteiger partial charge in [-0.1, -0.05) is 12.0 Å². The fourth-order valence-electron chi connectivity index (χ4n) is 1.64. The van der Waals surface area contributed by atoms with E-state index in [-0.39, 0.29) is 0 Å². The van der Waals surface area contributed by atoms with Crippen molar-refractivity contribution in [3.05, 3.63) is 10.4 Å². The van der Waals surface area contributed by atoms with Gasteiger partial charge >= 0.3 is 0 Å². The van der Waals surface area contributed by atoms with Crippen LogP contribution in [-0.4, -0.2) is 42.1 Å². The van der Waals surface area contributed by atoms with Crippen molar-refractivity contribution in [1.82, 2.24) is 4.90 Å². The van der Waals surface area contributed by atoms with Crippen LogP contribution in [0.3, 0.4) is 0 Å². The Morgan fingerprint density at radius 3 is 3.21 bits per heavy atom. The van der Waals surface area contributed by atoms with E-state index in [1.165, 1.54) is 25.3 Å². The van der Waals surface area contributed by atoms with Crippen LogP contribution in [0.1, 0.15) is 19.8 Å². The molecule has 1 atom stereocenters. The van der Waals surface area contributed by atoms with Crippen LogP contribution in [-0.2, 0) is 0 Å². The van der Waals surface area contributed by atoms with Crippen LogP contribution in [0.5, 0.6) is 0 Å². The number of hydrogen-bond acceptors (Lipinski definition) is 3. The maximum absolute atomic E-state index is 8.12. The molecule has 0 N–H and O–H groups in total. The molecule has 0 radical (unpaired) electrons. The Kier molecular flexibility index (Phi) is 5.83. The molecule has 80 valence electrons. The Labute approximate surface area is 89.7 Å². The van der Waals surface area contributed by atoms with Crippen LogP contribution < -0.4 is 0 Å². The number of azide groups is 1. The minimum Gasteiger partial charge on any atom is -0.301 e. The molecule has 0 saturated carbocycles. The van der Waals surface area contributed by atoms with Crippen LogP contribution in [0, 0.1) is 0 Å². The SMILES string of the molecule is CCC1CN(CCCN=[N+]=[N-])CCS1. The minimum atomic E-state index is 0.636. The molecule has 1 saturated heterocycles. The Balaban J connectivity index is 2.14. The zero-order valence-corrected chi connectivity index (χ0v) is 9.54. The quantitative estimate of drug-likeness (QED) is 0.305. The van der Waals surface area contributed by atoms with E-state index in [4.69, 9.17) is 5.53 Å². The second-order valence-electron chi connectivity index (χ2n) is 3.51. The predicted molar refractivity (Wildman–Crippen MR) is 61.6 cm³/mol. The lowest BCUT2D eigenvalue weighted by atomic mass is 10.3. The summed E-state index contributed by atoms with van der Waals surface area (Å²) in [5, 5.41) is 4.35. The Bertz CT molecular complexity index is 203. The maximum Gasteiger partial charge on any atom is 0.0270 e. The van der Waals surface area contributed by atoms with Crippen LogP contribution in [0.15, 0.2) is 5.11 Å². The summed E-state index contributed by atoms with van der Waals surface area (Å²) in [4.78, 5) is 5.24. The summed E-state index contributed by atoms with van der Waals surface area (Å²) in [7, 11) is 0. The van der Waals surface area contributed by atoms with Crippen LogP contribution in [0.25, 0.3) is 10.4 Å². The lowest BCUT2D eigenvalue weighted by Gasteiger charge is -2.31. The third-order valence-electron chi connectivity index (χ3n) is 2.47. The fourth-order valence-corrected chi connectivity index (χ4v) is 2.89. The van der Waals surface area contributed by atoms with E-state index in [0.717, 1.165) is 18.2 Å². The van der Waals surface area contributed by atoms with Gasteiger partial charge in [0, 0.05) is 35.5 Å². The maximum atomic E-state index is 8.12. The van der Waals surface area contributed by atoms with E-state index >= 15 is 0 Å². The molecule has 1 aliphatic rings. The largest absolute Gasteiger partial charge is 0.301 e. The van der Waals surface area contributed by atoms with Crippen LogP contribution >= 0.6 is 11.8 Å². The lowest BCUT2D eigenvalue weighted by molar-refractivity contribution is 0.279. The molecular weight excluding hydrogens is 196 g/mol. The van der Waals surface area contributed by atoms with Gasteiger partial charge in [-0.05, 0) is 24.9 Å². The van der Waals surface area contributed by atoms with E-state index < -0.39 is 0 Å². The lowest BCUT2D eigenvalue weighted by Crippen LogP contribution is -2.38. The van der Waals surface area contributed by atoms with Gasteiger partial charge in [-0.2, -0.15) is 11.8 Å². The highest BCUT2D eigenvalue weighted by Gasteiger charge is 2.17. The molecular formula is C9H18N4S. The van der Waals surface area contributed by atoms with E-state index in [9.17, 15) is 0 Å². The first-order valence-electron chi connectivity index (χ1n) is 5.21. The van der Waals surface area contributed by atoms with Crippen molar-refractivity contribution in [3.8, 4) is 0 Å². The fraction of sp³-hybridized carbons (Fsp3) is 1.00. The summed E-state index contributed by atoms with van der Waals surface area (Å²) < 4.78 is 0. The van der Waals surface area contributed by atoms with E-state index in [1.807, 2.05) is 0 Å². The molecule has 0 aromatic carbocycles. The topological polar surface area (TPSA) is 52.0 Å². The van der Waals surface area contributed by atoms with Gasteiger partial charge in [-0.15, -0.1) is 0 Å². The second-order valence-corrected chi connectivity index (χ2v) is 4.92.